The van der Waals surface area contributed by atoms with Crippen molar-refractivity contribution in [2.24, 2.45) is 0 Å². The predicted octanol–water partition coefficient (Wildman–Crippen LogP) is 2.92. The van der Waals surface area contributed by atoms with Crippen LogP contribution in [0, 0.1) is 13.8 Å². The smallest absolute Gasteiger partial charge is 0.320 e. The van der Waals surface area contributed by atoms with Gasteiger partial charge in [0.1, 0.15) is 0 Å². The van der Waals surface area contributed by atoms with Crippen LogP contribution < -0.4 is 0 Å². The molecule has 2 fully saturated rings. The van der Waals surface area contributed by atoms with E-state index in [2.05, 4.69) is 30.5 Å². The molecule has 0 radical (unpaired) electrons. The summed E-state index contributed by atoms with van der Waals surface area (Å²) in [6.45, 7) is 11.0. The zero-order valence-corrected chi connectivity index (χ0v) is 18.7. The van der Waals surface area contributed by atoms with E-state index in [4.69, 9.17) is 4.74 Å². The second-order valence-corrected chi connectivity index (χ2v) is 8.40. The predicted molar refractivity (Wildman–Crippen MR) is 119 cm³/mol. The van der Waals surface area contributed by atoms with Crippen LogP contribution in [-0.4, -0.2) is 83.7 Å². The summed E-state index contributed by atoms with van der Waals surface area (Å²) < 4.78 is 7.57. The Kier molecular flexibility index (Phi) is 6.32. The highest BCUT2D eigenvalue weighted by atomic mass is 16.5. The van der Waals surface area contributed by atoms with Crippen LogP contribution in [0.25, 0.3) is 0 Å². The summed E-state index contributed by atoms with van der Waals surface area (Å²) in [6.07, 6.45) is 0. The van der Waals surface area contributed by atoms with Gasteiger partial charge in [-0.3, -0.25) is 4.79 Å². The fraction of sp³-hybridized carbons (Fsp3) is 0.500. The van der Waals surface area contributed by atoms with Gasteiger partial charge in [0, 0.05) is 50.7 Å². The van der Waals surface area contributed by atoms with Gasteiger partial charge in [0.2, 0.25) is 0 Å². The Bertz CT molecular complexity index is 926. The molecule has 0 aliphatic carbocycles. The molecule has 1 aromatic carbocycles. The SMILES string of the molecule is Cc1cc(C(=O)N2CCN(C(=O)N3CCOCC3)CC2)c(C)n1C(C)c1ccccc1. The van der Waals surface area contributed by atoms with Crippen LogP contribution >= 0.6 is 0 Å². The zero-order valence-electron chi connectivity index (χ0n) is 18.7. The van der Waals surface area contributed by atoms with E-state index in [0.717, 1.165) is 17.0 Å². The van der Waals surface area contributed by atoms with Crippen molar-refractivity contribution >= 4 is 11.9 Å². The van der Waals surface area contributed by atoms with Crippen LogP contribution in [0.1, 0.15) is 40.3 Å². The molecular weight excluding hydrogens is 392 g/mol. The Labute approximate surface area is 184 Å². The average Bonchev–Trinajstić information content (AvgIpc) is 3.12. The van der Waals surface area contributed by atoms with E-state index in [1.54, 1.807) is 0 Å². The molecule has 2 saturated heterocycles. The van der Waals surface area contributed by atoms with Gasteiger partial charge < -0.3 is 24.0 Å². The van der Waals surface area contributed by atoms with Gasteiger partial charge in [0.15, 0.2) is 0 Å². The molecule has 2 aliphatic rings. The van der Waals surface area contributed by atoms with Gasteiger partial charge >= 0.3 is 6.03 Å². The molecule has 2 aromatic rings. The van der Waals surface area contributed by atoms with Gasteiger partial charge in [-0.1, -0.05) is 30.3 Å². The van der Waals surface area contributed by atoms with E-state index in [0.29, 0.717) is 52.5 Å². The number of hydrogen-bond donors (Lipinski definition) is 0. The number of urea groups is 1. The van der Waals surface area contributed by atoms with Gasteiger partial charge in [-0.05, 0) is 32.4 Å². The van der Waals surface area contributed by atoms with Gasteiger partial charge in [0.25, 0.3) is 5.91 Å². The number of nitrogens with zero attached hydrogens (tertiary/aromatic N) is 4. The summed E-state index contributed by atoms with van der Waals surface area (Å²) in [5, 5.41) is 0. The molecule has 3 heterocycles. The summed E-state index contributed by atoms with van der Waals surface area (Å²) in [5.74, 6) is 0.0538. The lowest BCUT2D eigenvalue weighted by Gasteiger charge is -2.38. The average molecular weight is 425 g/mol. The highest BCUT2D eigenvalue weighted by Gasteiger charge is 2.30. The van der Waals surface area contributed by atoms with Crippen molar-refractivity contribution < 1.29 is 14.3 Å². The van der Waals surface area contributed by atoms with E-state index in [9.17, 15) is 9.59 Å². The molecule has 166 valence electrons. The molecule has 0 N–H and O–H groups in total. The van der Waals surface area contributed by atoms with E-state index in [-0.39, 0.29) is 18.0 Å². The number of morpholine rings is 1. The maximum atomic E-state index is 13.3. The molecule has 7 heteroatoms. The van der Waals surface area contributed by atoms with Gasteiger partial charge in [0.05, 0.1) is 24.8 Å². The molecule has 0 spiro atoms. The number of piperazine rings is 1. The van der Waals surface area contributed by atoms with Crippen LogP contribution in [0.15, 0.2) is 36.4 Å². The second kappa shape index (κ2) is 9.14. The lowest BCUT2D eigenvalue weighted by Crippen LogP contribution is -2.55. The van der Waals surface area contributed by atoms with Crippen molar-refractivity contribution in [3.8, 4) is 0 Å². The van der Waals surface area contributed by atoms with Gasteiger partial charge in [-0.15, -0.1) is 0 Å². The first-order valence-electron chi connectivity index (χ1n) is 11.1. The summed E-state index contributed by atoms with van der Waals surface area (Å²) >= 11 is 0. The normalized spacial score (nSPS) is 18.2. The quantitative estimate of drug-likeness (QED) is 0.761. The Morgan fingerprint density at radius 3 is 2.10 bits per heavy atom. The van der Waals surface area contributed by atoms with Crippen LogP contribution in [0.3, 0.4) is 0 Å². The summed E-state index contributed by atoms with van der Waals surface area (Å²) in [6, 6.07) is 12.6. The number of carbonyl (C=O) groups excluding carboxylic acids is 2. The number of aromatic nitrogens is 1. The molecule has 3 amide bonds. The van der Waals surface area contributed by atoms with E-state index >= 15 is 0 Å². The minimum absolute atomic E-state index is 0.0538. The van der Waals surface area contributed by atoms with Crippen molar-refractivity contribution in [3.63, 3.8) is 0 Å². The van der Waals surface area contributed by atoms with Crippen molar-refractivity contribution in [2.75, 3.05) is 52.5 Å². The van der Waals surface area contributed by atoms with Crippen LogP contribution in [0.2, 0.25) is 0 Å². The number of ether oxygens (including phenoxy) is 1. The first-order chi connectivity index (χ1) is 15.0. The Morgan fingerprint density at radius 2 is 1.45 bits per heavy atom. The summed E-state index contributed by atoms with van der Waals surface area (Å²) in [4.78, 5) is 31.6. The molecule has 1 aromatic heterocycles. The topological polar surface area (TPSA) is 58.0 Å². The largest absolute Gasteiger partial charge is 0.378 e. The minimum Gasteiger partial charge on any atom is -0.378 e. The number of hydrogen-bond acceptors (Lipinski definition) is 3. The molecule has 4 rings (SSSR count). The summed E-state index contributed by atoms with van der Waals surface area (Å²) in [7, 11) is 0. The monoisotopic (exact) mass is 424 g/mol. The standard InChI is InChI=1S/C24H32N4O3/c1-18-17-22(20(3)28(18)19(2)21-7-5-4-6-8-21)23(29)25-9-11-26(12-10-25)24(30)27-13-15-31-16-14-27/h4-8,17,19H,9-16H2,1-3H3. The number of benzene rings is 1. The van der Waals surface area contributed by atoms with Crippen molar-refractivity contribution in [3.05, 3.63) is 58.9 Å². The van der Waals surface area contributed by atoms with Crippen molar-refractivity contribution in [2.45, 2.75) is 26.8 Å². The lowest BCUT2D eigenvalue weighted by atomic mass is 10.1. The van der Waals surface area contributed by atoms with E-state index in [1.165, 1.54) is 5.56 Å². The Hall–Kier alpha value is -2.80. The molecule has 1 unspecified atom stereocenters. The maximum Gasteiger partial charge on any atom is 0.320 e. The number of carbonyl (C=O) groups is 2. The summed E-state index contributed by atoms with van der Waals surface area (Å²) in [5.41, 5.74) is 4.05. The van der Waals surface area contributed by atoms with Crippen molar-refractivity contribution in [1.29, 1.82) is 0 Å². The van der Waals surface area contributed by atoms with Gasteiger partial charge in [-0.25, -0.2) is 4.79 Å². The molecule has 1 atom stereocenters. The fourth-order valence-corrected chi connectivity index (χ4v) is 4.70. The number of amides is 3. The van der Waals surface area contributed by atoms with Crippen LogP contribution in [0.4, 0.5) is 4.79 Å². The van der Waals surface area contributed by atoms with Gasteiger partial charge in [-0.2, -0.15) is 0 Å². The molecular formula is C24H32N4O3. The second-order valence-electron chi connectivity index (χ2n) is 8.40. The van der Waals surface area contributed by atoms with E-state index < -0.39 is 0 Å². The van der Waals surface area contributed by atoms with E-state index in [1.807, 2.05) is 45.9 Å². The third-order valence-electron chi connectivity index (χ3n) is 6.50. The number of aryl methyl sites for hydroxylation is 1. The Balaban J connectivity index is 1.43. The molecule has 7 nitrogen and oxygen atoms in total. The van der Waals surface area contributed by atoms with Crippen LogP contribution in [0.5, 0.6) is 0 Å². The van der Waals surface area contributed by atoms with Crippen molar-refractivity contribution in [1.82, 2.24) is 19.3 Å². The lowest BCUT2D eigenvalue weighted by molar-refractivity contribution is 0.0362. The highest BCUT2D eigenvalue weighted by molar-refractivity contribution is 5.96. The molecule has 0 bridgehead atoms. The highest BCUT2D eigenvalue weighted by Crippen LogP contribution is 2.26. The fourth-order valence-electron chi connectivity index (χ4n) is 4.70. The third kappa shape index (κ3) is 4.32. The first-order valence-corrected chi connectivity index (χ1v) is 11.1. The number of rotatable bonds is 3. The molecule has 2 aliphatic heterocycles. The first kappa shape index (κ1) is 21.4. The molecule has 0 saturated carbocycles. The third-order valence-corrected chi connectivity index (χ3v) is 6.50. The zero-order chi connectivity index (χ0) is 22.0. The Morgan fingerprint density at radius 1 is 0.871 bits per heavy atom. The minimum atomic E-state index is 0.0538. The maximum absolute atomic E-state index is 13.3. The van der Waals surface area contributed by atoms with Crippen LogP contribution in [-0.2, 0) is 4.74 Å². The molecule has 31 heavy (non-hydrogen) atoms.